The van der Waals surface area contributed by atoms with E-state index in [2.05, 4.69) is 27.0 Å². The molecule has 1 saturated heterocycles. The monoisotopic (exact) mass is 221 g/mol. The summed E-state index contributed by atoms with van der Waals surface area (Å²) in [6.45, 7) is 3.88. The Bertz CT molecular complexity index is 386. The SMILES string of the molecule is Cc1nc2c(c(C3CCCS3)n1)CNC2. The first-order chi connectivity index (χ1) is 7.34. The second-order valence-corrected chi connectivity index (χ2v) is 5.50. The van der Waals surface area contributed by atoms with Gasteiger partial charge in [0.15, 0.2) is 0 Å². The third-order valence-corrected chi connectivity index (χ3v) is 4.45. The van der Waals surface area contributed by atoms with Crippen LogP contribution in [0.2, 0.25) is 0 Å². The normalized spacial score (nSPS) is 24.5. The summed E-state index contributed by atoms with van der Waals surface area (Å²) in [5.74, 6) is 2.22. The van der Waals surface area contributed by atoms with Crippen molar-refractivity contribution >= 4 is 11.8 Å². The van der Waals surface area contributed by atoms with Gasteiger partial charge in [0.05, 0.1) is 11.4 Å². The molecule has 15 heavy (non-hydrogen) atoms. The third-order valence-electron chi connectivity index (χ3n) is 3.07. The fraction of sp³-hybridized carbons (Fsp3) is 0.636. The lowest BCUT2D eigenvalue weighted by atomic mass is 10.1. The van der Waals surface area contributed by atoms with Crippen LogP contribution < -0.4 is 5.32 Å². The van der Waals surface area contributed by atoms with Gasteiger partial charge in [0.2, 0.25) is 0 Å². The summed E-state index contributed by atoms with van der Waals surface area (Å²) in [6, 6.07) is 0. The van der Waals surface area contributed by atoms with E-state index in [1.165, 1.54) is 35.5 Å². The molecule has 1 aromatic rings. The lowest BCUT2D eigenvalue weighted by Crippen LogP contribution is -2.05. The Hall–Kier alpha value is -0.610. The van der Waals surface area contributed by atoms with E-state index in [0.717, 1.165) is 18.9 Å². The van der Waals surface area contributed by atoms with E-state index in [4.69, 9.17) is 0 Å². The number of hydrogen-bond donors (Lipinski definition) is 1. The minimum Gasteiger partial charge on any atom is -0.307 e. The summed E-state index contributed by atoms with van der Waals surface area (Å²) in [7, 11) is 0. The van der Waals surface area contributed by atoms with Crippen molar-refractivity contribution in [2.75, 3.05) is 5.75 Å². The highest BCUT2D eigenvalue weighted by Gasteiger charge is 2.26. The number of thioether (sulfide) groups is 1. The molecule has 2 aliphatic rings. The molecule has 3 heterocycles. The van der Waals surface area contributed by atoms with Crippen molar-refractivity contribution in [3.8, 4) is 0 Å². The topological polar surface area (TPSA) is 37.8 Å². The number of aromatic nitrogens is 2. The minimum atomic E-state index is 0.625. The first-order valence-electron chi connectivity index (χ1n) is 5.53. The summed E-state index contributed by atoms with van der Waals surface area (Å²) in [5, 5.41) is 3.99. The molecule has 1 aromatic heterocycles. The first kappa shape index (κ1) is 9.60. The van der Waals surface area contributed by atoms with Gasteiger partial charge in [-0.1, -0.05) is 0 Å². The molecule has 4 heteroatoms. The van der Waals surface area contributed by atoms with Gasteiger partial charge in [-0.2, -0.15) is 11.8 Å². The van der Waals surface area contributed by atoms with Gasteiger partial charge in [-0.15, -0.1) is 0 Å². The third kappa shape index (κ3) is 1.66. The van der Waals surface area contributed by atoms with Crippen molar-refractivity contribution < 1.29 is 0 Å². The molecule has 0 bridgehead atoms. The van der Waals surface area contributed by atoms with Crippen LogP contribution in [0, 0.1) is 6.92 Å². The molecular formula is C11H15N3S. The maximum absolute atomic E-state index is 4.65. The summed E-state index contributed by atoms with van der Waals surface area (Å²) in [5.41, 5.74) is 3.91. The summed E-state index contributed by atoms with van der Waals surface area (Å²) >= 11 is 2.05. The zero-order valence-corrected chi connectivity index (χ0v) is 9.73. The van der Waals surface area contributed by atoms with Crippen LogP contribution >= 0.6 is 11.8 Å². The van der Waals surface area contributed by atoms with E-state index >= 15 is 0 Å². The van der Waals surface area contributed by atoms with E-state index < -0.39 is 0 Å². The number of fused-ring (bicyclic) bond motifs is 1. The average Bonchev–Trinajstić information content (AvgIpc) is 2.86. The average molecular weight is 221 g/mol. The number of nitrogens with zero attached hydrogens (tertiary/aromatic N) is 2. The zero-order valence-electron chi connectivity index (χ0n) is 8.92. The fourth-order valence-electron chi connectivity index (χ4n) is 2.38. The van der Waals surface area contributed by atoms with Gasteiger partial charge in [-0.05, 0) is 25.5 Å². The van der Waals surface area contributed by atoms with Crippen LogP contribution in [0.25, 0.3) is 0 Å². The lowest BCUT2D eigenvalue weighted by Gasteiger charge is -2.12. The largest absolute Gasteiger partial charge is 0.307 e. The molecule has 0 spiro atoms. The highest BCUT2D eigenvalue weighted by atomic mass is 32.2. The van der Waals surface area contributed by atoms with Crippen molar-refractivity contribution in [1.29, 1.82) is 0 Å². The molecule has 1 fully saturated rings. The number of hydrogen-bond acceptors (Lipinski definition) is 4. The van der Waals surface area contributed by atoms with Crippen molar-refractivity contribution in [3.63, 3.8) is 0 Å². The molecule has 0 saturated carbocycles. The predicted molar refractivity (Wildman–Crippen MR) is 61.7 cm³/mol. The lowest BCUT2D eigenvalue weighted by molar-refractivity contribution is 0.749. The van der Waals surface area contributed by atoms with Crippen molar-refractivity contribution in [1.82, 2.24) is 15.3 Å². The predicted octanol–water partition coefficient (Wildman–Crippen LogP) is 1.96. The van der Waals surface area contributed by atoms with Gasteiger partial charge < -0.3 is 5.32 Å². The standard InChI is InChI=1S/C11H15N3S/c1-7-13-9-6-12-5-8(9)11(14-7)10-3-2-4-15-10/h10,12H,2-6H2,1H3. The quantitative estimate of drug-likeness (QED) is 0.786. The van der Waals surface area contributed by atoms with E-state index in [0.29, 0.717) is 5.25 Å². The summed E-state index contributed by atoms with van der Waals surface area (Å²) in [6.07, 6.45) is 2.62. The molecule has 0 aromatic carbocycles. The van der Waals surface area contributed by atoms with Gasteiger partial charge in [0.25, 0.3) is 0 Å². The van der Waals surface area contributed by atoms with Gasteiger partial charge in [0, 0.05) is 23.9 Å². The molecule has 0 amide bonds. The number of nitrogens with one attached hydrogen (secondary N) is 1. The summed E-state index contributed by atoms with van der Waals surface area (Å²) < 4.78 is 0. The van der Waals surface area contributed by atoms with Crippen LogP contribution in [0.3, 0.4) is 0 Å². The van der Waals surface area contributed by atoms with Crippen LogP contribution in [-0.4, -0.2) is 15.7 Å². The van der Waals surface area contributed by atoms with E-state index in [9.17, 15) is 0 Å². The van der Waals surface area contributed by atoms with Gasteiger partial charge in [0.1, 0.15) is 5.82 Å². The Balaban J connectivity index is 2.05. The van der Waals surface area contributed by atoms with E-state index in [-0.39, 0.29) is 0 Å². The van der Waals surface area contributed by atoms with Crippen LogP contribution in [0.15, 0.2) is 0 Å². The molecule has 3 nitrogen and oxygen atoms in total. The van der Waals surface area contributed by atoms with Crippen LogP contribution in [-0.2, 0) is 13.1 Å². The second kappa shape index (κ2) is 3.76. The van der Waals surface area contributed by atoms with Crippen molar-refractivity contribution in [3.05, 3.63) is 22.8 Å². The maximum Gasteiger partial charge on any atom is 0.125 e. The zero-order chi connectivity index (χ0) is 10.3. The fourth-order valence-corrected chi connectivity index (χ4v) is 3.69. The summed E-state index contributed by atoms with van der Waals surface area (Å²) in [4.78, 5) is 9.16. The van der Waals surface area contributed by atoms with Gasteiger partial charge in [-0.25, -0.2) is 9.97 Å². The molecule has 1 unspecified atom stereocenters. The number of rotatable bonds is 1. The molecule has 1 N–H and O–H groups in total. The van der Waals surface area contributed by atoms with E-state index in [1.54, 1.807) is 0 Å². The Morgan fingerprint density at radius 3 is 3.07 bits per heavy atom. The van der Waals surface area contributed by atoms with Crippen molar-refractivity contribution in [2.24, 2.45) is 0 Å². The van der Waals surface area contributed by atoms with Crippen molar-refractivity contribution in [2.45, 2.75) is 38.1 Å². The molecule has 0 radical (unpaired) electrons. The second-order valence-electron chi connectivity index (χ2n) is 4.19. The molecule has 80 valence electrons. The van der Waals surface area contributed by atoms with Crippen LogP contribution in [0.5, 0.6) is 0 Å². The number of aryl methyl sites for hydroxylation is 1. The maximum atomic E-state index is 4.65. The van der Waals surface area contributed by atoms with Crippen LogP contribution in [0.4, 0.5) is 0 Å². The minimum absolute atomic E-state index is 0.625. The Morgan fingerprint density at radius 1 is 1.33 bits per heavy atom. The van der Waals surface area contributed by atoms with Gasteiger partial charge in [-0.3, -0.25) is 0 Å². The first-order valence-corrected chi connectivity index (χ1v) is 6.58. The molecule has 1 atom stereocenters. The van der Waals surface area contributed by atoms with E-state index in [1.807, 2.05) is 6.92 Å². The highest BCUT2D eigenvalue weighted by Crippen LogP contribution is 2.41. The van der Waals surface area contributed by atoms with Gasteiger partial charge >= 0.3 is 0 Å². The van der Waals surface area contributed by atoms with Crippen LogP contribution in [0.1, 0.15) is 40.9 Å². The molecule has 0 aliphatic carbocycles. The Morgan fingerprint density at radius 2 is 2.27 bits per heavy atom. The molecule has 3 rings (SSSR count). The molecular weight excluding hydrogens is 206 g/mol. The smallest absolute Gasteiger partial charge is 0.125 e. The molecule has 2 aliphatic heterocycles. The Labute approximate surface area is 94.1 Å². The highest BCUT2D eigenvalue weighted by molar-refractivity contribution is 7.99. The Kier molecular flexibility index (Phi) is 2.41.